The minimum Gasteiger partial charge on any atom is -0.489 e. The van der Waals surface area contributed by atoms with Crippen LogP contribution >= 0.6 is 11.6 Å². The van der Waals surface area contributed by atoms with E-state index in [-0.39, 0.29) is 24.1 Å². The number of rotatable bonds is 5. The third-order valence-electron chi connectivity index (χ3n) is 4.41. The molecule has 3 aromatic rings. The number of benzene rings is 3. The molecule has 0 bridgehead atoms. The molecule has 0 N–H and O–H groups in total. The number of aliphatic imine (C=N–C) groups is 1. The van der Waals surface area contributed by atoms with Crippen molar-refractivity contribution in [3.63, 3.8) is 0 Å². The maximum atomic E-state index is 13.9. The summed E-state index contributed by atoms with van der Waals surface area (Å²) in [6.07, 6.45) is 0. The fourth-order valence-corrected chi connectivity index (χ4v) is 3.04. The molecule has 0 aliphatic carbocycles. The molecular formula is C22H16ClF2NO2. The van der Waals surface area contributed by atoms with Crippen LogP contribution in [-0.4, -0.2) is 12.5 Å². The third kappa shape index (κ3) is 3.99. The van der Waals surface area contributed by atoms with Crippen molar-refractivity contribution in [3.8, 4) is 5.75 Å². The van der Waals surface area contributed by atoms with Crippen molar-refractivity contribution in [1.29, 1.82) is 0 Å². The van der Waals surface area contributed by atoms with Gasteiger partial charge in [-0.1, -0.05) is 41.9 Å². The molecule has 3 nitrogen and oxygen atoms in total. The highest BCUT2D eigenvalue weighted by Gasteiger charge is 2.26. The molecule has 0 aromatic heterocycles. The summed E-state index contributed by atoms with van der Waals surface area (Å²) >= 11 is 5.86. The zero-order valence-electron chi connectivity index (χ0n) is 14.7. The normalized spacial score (nSPS) is 15.8. The summed E-state index contributed by atoms with van der Waals surface area (Å²) in [5.74, 6) is -0.641. The minimum absolute atomic E-state index is 0.00394. The lowest BCUT2D eigenvalue weighted by atomic mass is 10.1. The Morgan fingerprint density at radius 3 is 2.32 bits per heavy atom. The molecule has 28 heavy (non-hydrogen) atoms. The molecule has 1 unspecified atom stereocenters. The van der Waals surface area contributed by atoms with Gasteiger partial charge >= 0.3 is 0 Å². The van der Waals surface area contributed by atoms with Crippen LogP contribution in [0.4, 0.5) is 8.78 Å². The van der Waals surface area contributed by atoms with Gasteiger partial charge in [-0.3, -0.25) is 0 Å². The van der Waals surface area contributed by atoms with E-state index in [0.29, 0.717) is 11.6 Å². The molecule has 0 amide bonds. The SMILES string of the molecule is Fc1cccc(F)c1C1=NC(c2ccc(COc3ccc(Cl)cc3)cc2)CO1. The maximum Gasteiger partial charge on any atom is 0.222 e. The second kappa shape index (κ2) is 7.98. The lowest BCUT2D eigenvalue weighted by molar-refractivity contribution is 0.306. The summed E-state index contributed by atoms with van der Waals surface area (Å²) in [5, 5.41) is 0.658. The molecule has 1 heterocycles. The van der Waals surface area contributed by atoms with Gasteiger partial charge < -0.3 is 9.47 Å². The van der Waals surface area contributed by atoms with Crippen LogP contribution in [0.2, 0.25) is 5.02 Å². The zero-order chi connectivity index (χ0) is 19.5. The number of hydrogen-bond acceptors (Lipinski definition) is 3. The van der Waals surface area contributed by atoms with E-state index in [2.05, 4.69) is 4.99 Å². The van der Waals surface area contributed by atoms with Gasteiger partial charge in [0.2, 0.25) is 5.90 Å². The average Bonchev–Trinajstić information content (AvgIpc) is 3.17. The van der Waals surface area contributed by atoms with Gasteiger partial charge in [-0.2, -0.15) is 0 Å². The van der Waals surface area contributed by atoms with Gasteiger partial charge in [0, 0.05) is 5.02 Å². The standard InChI is InChI=1S/C22H16ClF2NO2/c23-16-8-10-17(11-9-16)27-12-14-4-6-15(7-5-14)20-13-28-22(26-20)21-18(24)2-1-3-19(21)25/h1-11,20H,12-13H2. The van der Waals surface area contributed by atoms with Crippen LogP contribution in [0, 0.1) is 11.6 Å². The molecule has 0 saturated heterocycles. The van der Waals surface area contributed by atoms with Crippen molar-refractivity contribution >= 4 is 17.5 Å². The van der Waals surface area contributed by atoms with Crippen molar-refractivity contribution in [1.82, 2.24) is 0 Å². The Morgan fingerprint density at radius 1 is 0.964 bits per heavy atom. The highest BCUT2D eigenvalue weighted by Crippen LogP contribution is 2.27. The van der Waals surface area contributed by atoms with Crippen molar-refractivity contribution in [2.24, 2.45) is 4.99 Å². The molecule has 6 heteroatoms. The van der Waals surface area contributed by atoms with E-state index in [9.17, 15) is 8.78 Å². The lowest BCUT2D eigenvalue weighted by Crippen LogP contribution is -2.07. The molecule has 0 radical (unpaired) electrons. The van der Waals surface area contributed by atoms with E-state index in [1.54, 1.807) is 12.1 Å². The van der Waals surface area contributed by atoms with Gasteiger partial charge in [-0.15, -0.1) is 0 Å². The van der Waals surface area contributed by atoms with E-state index in [0.717, 1.165) is 16.9 Å². The van der Waals surface area contributed by atoms with E-state index in [4.69, 9.17) is 21.1 Å². The first-order chi connectivity index (χ1) is 13.6. The van der Waals surface area contributed by atoms with Crippen LogP contribution in [0.3, 0.4) is 0 Å². The topological polar surface area (TPSA) is 30.8 Å². The summed E-state index contributed by atoms with van der Waals surface area (Å²) in [6.45, 7) is 0.655. The molecule has 142 valence electrons. The Hall–Kier alpha value is -2.92. The van der Waals surface area contributed by atoms with Gasteiger partial charge in [0.15, 0.2) is 0 Å². The van der Waals surface area contributed by atoms with E-state index in [1.807, 2.05) is 36.4 Å². The summed E-state index contributed by atoms with van der Waals surface area (Å²) in [6, 6.07) is 18.2. The summed E-state index contributed by atoms with van der Waals surface area (Å²) < 4.78 is 39.0. The highest BCUT2D eigenvalue weighted by molar-refractivity contribution is 6.30. The van der Waals surface area contributed by atoms with Crippen LogP contribution in [0.1, 0.15) is 22.7 Å². The largest absolute Gasteiger partial charge is 0.489 e. The minimum atomic E-state index is -0.686. The smallest absolute Gasteiger partial charge is 0.222 e. The first-order valence-corrected chi connectivity index (χ1v) is 9.10. The molecule has 1 atom stereocenters. The van der Waals surface area contributed by atoms with Crippen LogP contribution in [0.5, 0.6) is 5.75 Å². The molecule has 3 aromatic carbocycles. The third-order valence-corrected chi connectivity index (χ3v) is 4.66. The fraction of sp³-hybridized carbons (Fsp3) is 0.136. The second-order valence-corrected chi connectivity index (χ2v) is 6.78. The Morgan fingerprint density at radius 2 is 1.64 bits per heavy atom. The maximum absolute atomic E-state index is 13.9. The number of nitrogens with zero attached hydrogens (tertiary/aromatic N) is 1. The quantitative estimate of drug-likeness (QED) is 0.549. The van der Waals surface area contributed by atoms with Crippen LogP contribution < -0.4 is 4.74 Å². The van der Waals surface area contributed by atoms with Gasteiger partial charge in [-0.05, 0) is 47.5 Å². The predicted molar refractivity (Wildman–Crippen MR) is 104 cm³/mol. The van der Waals surface area contributed by atoms with E-state index in [1.165, 1.54) is 18.2 Å². The molecular weight excluding hydrogens is 384 g/mol. The first-order valence-electron chi connectivity index (χ1n) is 8.72. The van der Waals surface area contributed by atoms with Gasteiger partial charge in [0.25, 0.3) is 0 Å². The first kappa shape index (κ1) is 18.4. The number of halogens is 3. The Kier molecular flexibility index (Phi) is 5.26. The predicted octanol–water partition coefficient (Wildman–Crippen LogP) is 5.72. The van der Waals surface area contributed by atoms with Gasteiger partial charge in [-0.25, -0.2) is 13.8 Å². The number of hydrogen-bond donors (Lipinski definition) is 0. The molecule has 0 fully saturated rings. The molecule has 1 aliphatic heterocycles. The van der Waals surface area contributed by atoms with Crippen molar-refractivity contribution < 1.29 is 18.3 Å². The zero-order valence-corrected chi connectivity index (χ0v) is 15.5. The lowest BCUT2D eigenvalue weighted by Gasteiger charge is -2.09. The van der Waals surface area contributed by atoms with Crippen molar-refractivity contribution in [3.05, 3.63) is 100 Å². The summed E-state index contributed by atoms with van der Waals surface area (Å²) in [4.78, 5) is 4.35. The summed E-state index contributed by atoms with van der Waals surface area (Å²) in [5.41, 5.74) is 1.67. The highest BCUT2D eigenvalue weighted by atomic mass is 35.5. The Balaban J connectivity index is 1.44. The van der Waals surface area contributed by atoms with E-state index >= 15 is 0 Å². The van der Waals surface area contributed by atoms with Crippen LogP contribution in [0.15, 0.2) is 71.7 Å². The second-order valence-electron chi connectivity index (χ2n) is 6.34. The van der Waals surface area contributed by atoms with Crippen molar-refractivity contribution in [2.45, 2.75) is 12.6 Å². The van der Waals surface area contributed by atoms with Crippen molar-refractivity contribution in [2.75, 3.05) is 6.61 Å². The molecule has 0 spiro atoms. The Bertz CT molecular complexity index is 984. The molecule has 1 aliphatic rings. The van der Waals surface area contributed by atoms with Crippen LogP contribution in [-0.2, 0) is 11.3 Å². The van der Waals surface area contributed by atoms with Gasteiger partial charge in [0.1, 0.15) is 42.2 Å². The van der Waals surface area contributed by atoms with Gasteiger partial charge in [0.05, 0.1) is 0 Å². The number of ether oxygens (including phenoxy) is 2. The molecule has 0 saturated carbocycles. The molecule has 4 rings (SSSR count). The van der Waals surface area contributed by atoms with E-state index < -0.39 is 11.6 Å². The van der Waals surface area contributed by atoms with Crippen LogP contribution in [0.25, 0.3) is 0 Å². The monoisotopic (exact) mass is 399 g/mol. The summed E-state index contributed by atoms with van der Waals surface area (Å²) in [7, 11) is 0. The Labute approximate surface area is 166 Å². The fourth-order valence-electron chi connectivity index (χ4n) is 2.92. The average molecular weight is 400 g/mol.